The Bertz CT molecular complexity index is 1910. The van der Waals surface area contributed by atoms with E-state index in [2.05, 4.69) is 34.6 Å². The predicted molar refractivity (Wildman–Crippen MR) is 409 cm³/mol. The Hall–Kier alpha value is -1.94. The SMILES string of the molecule is CCCCCCCCCCCCCCCCCCCCC(=O)OC[C@H](COP(=O)(O)OC[C@@H](O)COP(=O)(O)OC[C@@H](COC(=O)CCCCCCCCCCCC)OC(=O)CCCCCCCCCCCCCC(C)C)OC(=O)CCCCCCCCCCCCCCCCCCCC. The van der Waals surface area contributed by atoms with Crippen LogP contribution in [-0.2, 0) is 65.4 Å². The second kappa shape index (κ2) is 73.9. The van der Waals surface area contributed by atoms with Crippen molar-refractivity contribution in [1.82, 2.24) is 0 Å². The maximum absolute atomic E-state index is 13.1. The Morgan fingerprint density at radius 3 is 0.680 bits per heavy atom. The Kier molecular flexibility index (Phi) is 72.5. The first kappa shape index (κ1) is 98.1. The Morgan fingerprint density at radius 1 is 0.270 bits per heavy atom. The summed E-state index contributed by atoms with van der Waals surface area (Å²) in [4.78, 5) is 73.0. The quantitative estimate of drug-likeness (QED) is 0.0222. The lowest BCUT2D eigenvalue weighted by Gasteiger charge is -2.21. The molecular weight excluding hydrogens is 1310 g/mol. The Morgan fingerprint density at radius 2 is 0.460 bits per heavy atom. The van der Waals surface area contributed by atoms with E-state index in [0.717, 1.165) is 95.8 Å². The summed E-state index contributed by atoms with van der Waals surface area (Å²) in [6.45, 7) is 7.33. The van der Waals surface area contributed by atoms with Crippen molar-refractivity contribution >= 4 is 39.5 Å². The summed E-state index contributed by atoms with van der Waals surface area (Å²) in [5.41, 5.74) is 0. The molecule has 0 heterocycles. The van der Waals surface area contributed by atoms with E-state index in [1.165, 1.54) is 257 Å². The minimum atomic E-state index is -4.96. The highest BCUT2D eigenvalue weighted by Gasteiger charge is 2.30. The van der Waals surface area contributed by atoms with Crippen LogP contribution in [0.15, 0.2) is 0 Å². The fourth-order valence-electron chi connectivity index (χ4n) is 12.6. The Balaban J connectivity index is 5.23. The lowest BCUT2D eigenvalue weighted by atomic mass is 10.0. The van der Waals surface area contributed by atoms with Gasteiger partial charge in [-0.2, -0.15) is 0 Å². The Labute approximate surface area is 613 Å². The second-order valence-corrected chi connectivity index (χ2v) is 32.5. The summed E-state index contributed by atoms with van der Waals surface area (Å²) >= 11 is 0. The zero-order chi connectivity index (χ0) is 73.4. The van der Waals surface area contributed by atoms with E-state index >= 15 is 0 Å². The molecule has 3 N–H and O–H groups in total. The third-order valence-electron chi connectivity index (χ3n) is 19.0. The van der Waals surface area contributed by atoms with Gasteiger partial charge in [0, 0.05) is 25.7 Å². The number of hydrogen-bond donors (Lipinski definition) is 3. The van der Waals surface area contributed by atoms with Gasteiger partial charge in [-0.15, -0.1) is 0 Å². The first-order valence-corrected chi connectivity index (χ1v) is 45.1. The number of rotatable bonds is 81. The van der Waals surface area contributed by atoms with Crippen molar-refractivity contribution < 1.29 is 80.2 Å². The minimum absolute atomic E-state index is 0.107. The highest BCUT2D eigenvalue weighted by molar-refractivity contribution is 7.47. The highest BCUT2D eigenvalue weighted by atomic mass is 31.2. The van der Waals surface area contributed by atoms with Gasteiger partial charge in [-0.1, -0.05) is 381 Å². The lowest BCUT2D eigenvalue weighted by molar-refractivity contribution is -0.161. The van der Waals surface area contributed by atoms with Crippen molar-refractivity contribution in [2.45, 2.75) is 451 Å². The van der Waals surface area contributed by atoms with Crippen molar-refractivity contribution in [2.75, 3.05) is 39.6 Å². The molecule has 0 amide bonds. The molecule has 0 saturated heterocycles. The van der Waals surface area contributed by atoms with Gasteiger partial charge in [-0.3, -0.25) is 37.3 Å². The van der Waals surface area contributed by atoms with Gasteiger partial charge in [0.1, 0.15) is 19.3 Å². The fraction of sp³-hybridized carbons (Fsp3) is 0.951. The molecule has 0 aliphatic heterocycles. The van der Waals surface area contributed by atoms with Crippen molar-refractivity contribution in [3.8, 4) is 0 Å². The predicted octanol–water partition coefficient (Wildman–Crippen LogP) is 24.4. The minimum Gasteiger partial charge on any atom is -0.462 e. The van der Waals surface area contributed by atoms with Crippen molar-refractivity contribution in [2.24, 2.45) is 5.92 Å². The number of carbonyl (C=O) groups excluding carboxylic acids is 4. The van der Waals surface area contributed by atoms with Gasteiger partial charge >= 0.3 is 39.5 Å². The maximum atomic E-state index is 13.1. The average Bonchev–Trinajstić information content (AvgIpc) is 0.936. The summed E-state index contributed by atoms with van der Waals surface area (Å²) in [6, 6.07) is 0. The third-order valence-corrected chi connectivity index (χ3v) is 20.9. The number of ether oxygens (including phenoxy) is 4. The van der Waals surface area contributed by atoms with Crippen LogP contribution >= 0.6 is 15.6 Å². The number of aliphatic hydroxyl groups excluding tert-OH is 1. The molecule has 0 radical (unpaired) electrons. The fourth-order valence-corrected chi connectivity index (χ4v) is 14.2. The van der Waals surface area contributed by atoms with Crippen LogP contribution in [0, 0.1) is 5.92 Å². The van der Waals surface area contributed by atoms with Gasteiger partial charge < -0.3 is 33.8 Å². The molecule has 0 aromatic carbocycles. The lowest BCUT2D eigenvalue weighted by Crippen LogP contribution is -2.30. The summed E-state index contributed by atoms with van der Waals surface area (Å²) in [5.74, 6) is -1.34. The molecule has 100 heavy (non-hydrogen) atoms. The number of phosphoric ester groups is 2. The van der Waals surface area contributed by atoms with Gasteiger partial charge in [-0.25, -0.2) is 9.13 Å². The zero-order valence-corrected chi connectivity index (χ0v) is 67.1. The maximum Gasteiger partial charge on any atom is 0.472 e. The summed E-state index contributed by atoms with van der Waals surface area (Å²) < 4.78 is 68.7. The summed E-state index contributed by atoms with van der Waals surface area (Å²) in [5, 5.41) is 10.6. The molecule has 5 atom stereocenters. The van der Waals surface area contributed by atoms with E-state index in [1.54, 1.807) is 0 Å². The van der Waals surface area contributed by atoms with Crippen LogP contribution < -0.4 is 0 Å². The largest absolute Gasteiger partial charge is 0.472 e. The number of phosphoric acid groups is 2. The van der Waals surface area contributed by atoms with Crippen molar-refractivity contribution in [3.63, 3.8) is 0 Å². The van der Waals surface area contributed by atoms with Crippen LogP contribution in [0.3, 0.4) is 0 Å². The smallest absolute Gasteiger partial charge is 0.462 e. The van der Waals surface area contributed by atoms with Crippen molar-refractivity contribution in [3.05, 3.63) is 0 Å². The van der Waals surface area contributed by atoms with Crippen LogP contribution in [0.25, 0.3) is 0 Å². The summed E-state index contributed by atoms with van der Waals surface area (Å²) in [6.07, 6.45) is 65.2. The van der Waals surface area contributed by atoms with E-state index in [9.17, 15) is 43.2 Å². The molecular formula is C81H158O17P2. The van der Waals surface area contributed by atoms with Gasteiger partial charge in [0.2, 0.25) is 0 Å². The molecule has 0 fully saturated rings. The number of unbranched alkanes of at least 4 members (excludes halogenated alkanes) is 53. The van der Waals surface area contributed by atoms with Gasteiger partial charge in [0.25, 0.3) is 0 Å². The van der Waals surface area contributed by atoms with E-state index in [1.807, 2.05) is 0 Å². The molecule has 0 saturated carbocycles. The number of esters is 4. The molecule has 0 spiro atoms. The molecule has 594 valence electrons. The van der Waals surface area contributed by atoms with E-state index in [4.69, 9.17) is 37.0 Å². The van der Waals surface area contributed by atoms with E-state index in [0.29, 0.717) is 25.7 Å². The zero-order valence-electron chi connectivity index (χ0n) is 65.3. The molecule has 0 aromatic rings. The van der Waals surface area contributed by atoms with Crippen LogP contribution in [0.4, 0.5) is 0 Å². The third kappa shape index (κ3) is 74.3. The monoisotopic (exact) mass is 1470 g/mol. The van der Waals surface area contributed by atoms with Gasteiger partial charge in [0.15, 0.2) is 12.2 Å². The van der Waals surface area contributed by atoms with Gasteiger partial charge in [0.05, 0.1) is 26.4 Å². The van der Waals surface area contributed by atoms with Crippen molar-refractivity contribution in [1.29, 1.82) is 0 Å². The molecule has 17 nitrogen and oxygen atoms in total. The molecule has 2 unspecified atom stereocenters. The molecule has 19 heteroatoms. The normalized spacial score (nSPS) is 13.8. The van der Waals surface area contributed by atoms with Crippen LogP contribution in [0.5, 0.6) is 0 Å². The number of aliphatic hydroxyl groups is 1. The standard InChI is InChI=1S/C81H158O17P2/c1-6-9-12-15-18-21-24-26-28-30-32-34-36-40-45-50-55-60-65-79(84)92-71-77(97-80(85)66-61-56-51-46-41-37-35-33-31-29-27-25-22-19-16-13-10-7-2)73-96-100(89,90)94-69-75(82)68-93-99(87,88)95-72-76(70-91-78(83)64-59-54-49-44-23-20-17-14-11-8-3)98-81(86)67-62-57-52-47-42-38-39-43-48-53-58-63-74(4)5/h74-77,82H,6-73H2,1-5H3,(H,87,88)(H,89,90)/t75-,76+,77+/m0/s1. The average molecular weight is 1470 g/mol. The second-order valence-electron chi connectivity index (χ2n) is 29.6. The van der Waals surface area contributed by atoms with Crippen LogP contribution in [-0.4, -0.2) is 96.7 Å². The number of carbonyl (C=O) groups is 4. The van der Waals surface area contributed by atoms with Crippen LogP contribution in [0.1, 0.15) is 433 Å². The first-order valence-electron chi connectivity index (χ1n) is 42.1. The van der Waals surface area contributed by atoms with E-state index < -0.39 is 97.5 Å². The highest BCUT2D eigenvalue weighted by Crippen LogP contribution is 2.45. The molecule has 0 bridgehead atoms. The topological polar surface area (TPSA) is 237 Å². The van der Waals surface area contributed by atoms with Crippen LogP contribution in [0.2, 0.25) is 0 Å². The molecule has 0 aliphatic carbocycles. The molecule has 0 aliphatic rings. The van der Waals surface area contributed by atoms with Gasteiger partial charge in [-0.05, 0) is 31.6 Å². The van der Waals surface area contributed by atoms with E-state index in [-0.39, 0.29) is 25.7 Å². The number of hydrogen-bond acceptors (Lipinski definition) is 15. The summed E-state index contributed by atoms with van der Waals surface area (Å²) in [7, 11) is -9.92. The first-order chi connectivity index (χ1) is 48.5. The molecule has 0 rings (SSSR count). The molecule has 0 aromatic heterocycles.